The van der Waals surface area contributed by atoms with Gasteiger partial charge < -0.3 is 4.74 Å². The van der Waals surface area contributed by atoms with Crippen molar-refractivity contribution in [2.45, 2.75) is 0 Å². The first-order valence-electron chi connectivity index (χ1n) is 7.83. The number of nitrogens with zero attached hydrogens (tertiary/aromatic N) is 3. The van der Waals surface area contributed by atoms with E-state index < -0.39 is 0 Å². The fraction of sp³-hybridized carbons (Fsp3) is 0.158. The summed E-state index contributed by atoms with van der Waals surface area (Å²) in [6, 6.07) is 16.0. The Morgan fingerprint density at radius 1 is 0.917 bits per heavy atom. The molecule has 1 aromatic heterocycles. The molecular weight excluding hydrogens is 302 g/mol. The van der Waals surface area contributed by atoms with Crippen LogP contribution in [0.4, 0.5) is 16.2 Å². The van der Waals surface area contributed by atoms with E-state index in [2.05, 4.69) is 23.2 Å². The minimum Gasteiger partial charge on any atom is -0.495 e. The molecule has 5 nitrogen and oxygen atoms in total. The number of pyridine rings is 1. The maximum Gasteiger partial charge on any atom is 0.329 e. The number of urea groups is 1. The molecule has 5 heteroatoms. The second-order valence-electron chi connectivity index (χ2n) is 5.70. The zero-order valence-corrected chi connectivity index (χ0v) is 13.3. The van der Waals surface area contributed by atoms with Crippen LogP contribution in [0.25, 0.3) is 10.8 Å². The Bertz CT molecular complexity index is 910. The lowest BCUT2D eigenvalue weighted by molar-refractivity contribution is 0.256. The van der Waals surface area contributed by atoms with E-state index in [0.29, 0.717) is 18.8 Å². The molecule has 1 saturated heterocycles. The lowest BCUT2D eigenvalue weighted by atomic mass is 10.1. The molecule has 2 heterocycles. The van der Waals surface area contributed by atoms with Crippen molar-refractivity contribution in [2.24, 2.45) is 0 Å². The van der Waals surface area contributed by atoms with Crippen LogP contribution in [0, 0.1) is 0 Å². The molecule has 1 aliphatic rings. The molecule has 2 amide bonds. The number of aromatic nitrogens is 1. The number of methoxy groups -OCH3 is 1. The van der Waals surface area contributed by atoms with E-state index in [1.54, 1.807) is 29.3 Å². The number of amides is 2. The third-order valence-electron chi connectivity index (χ3n) is 4.30. The molecule has 2 aromatic carbocycles. The summed E-state index contributed by atoms with van der Waals surface area (Å²) < 4.78 is 5.20. The van der Waals surface area contributed by atoms with Crippen molar-refractivity contribution in [1.29, 1.82) is 0 Å². The van der Waals surface area contributed by atoms with Crippen LogP contribution in [-0.4, -0.2) is 31.2 Å². The third-order valence-corrected chi connectivity index (χ3v) is 4.30. The Morgan fingerprint density at radius 2 is 1.67 bits per heavy atom. The van der Waals surface area contributed by atoms with Gasteiger partial charge >= 0.3 is 6.03 Å². The Hall–Kier alpha value is -3.08. The summed E-state index contributed by atoms with van der Waals surface area (Å²) in [5.74, 6) is 0.643. The summed E-state index contributed by atoms with van der Waals surface area (Å²) >= 11 is 0. The maximum absolute atomic E-state index is 12.8. The monoisotopic (exact) mass is 319 g/mol. The van der Waals surface area contributed by atoms with Gasteiger partial charge in [0.05, 0.1) is 25.2 Å². The zero-order valence-electron chi connectivity index (χ0n) is 13.3. The average Bonchev–Trinajstić information content (AvgIpc) is 3.03. The smallest absolute Gasteiger partial charge is 0.329 e. The molecule has 0 bridgehead atoms. The SMILES string of the molecule is COc1cncc(N2CCN(c3ccc4ccccc4c3)C2=O)c1. The van der Waals surface area contributed by atoms with Crippen molar-refractivity contribution in [1.82, 2.24) is 4.98 Å². The molecule has 0 radical (unpaired) electrons. The Morgan fingerprint density at radius 3 is 2.46 bits per heavy atom. The number of hydrogen-bond donors (Lipinski definition) is 0. The van der Waals surface area contributed by atoms with Crippen LogP contribution in [0.3, 0.4) is 0 Å². The molecule has 1 fully saturated rings. The van der Waals surface area contributed by atoms with Crippen molar-refractivity contribution in [3.63, 3.8) is 0 Å². The van der Waals surface area contributed by atoms with Gasteiger partial charge in [-0.15, -0.1) is 0 Å². The summed E-state index contributed by atoms with van der Waals surface area (Å²) in [6.45, 7) is 1.27. The minimum atomic E-state index is -0.0414. The standard InChI is InChI=1S/C19H17N3O2/c1-24-18-11-17(12-20-13-18)22-9-8-21(19(22)23)16-7-6-14-4-2-3-5-15(14)10-16/h2-7,10-13H,8-9H2,1H3. The molecule has 3 aromatic rings. The number of carbonyl (C=O) groups excluding carboxylic acids is 1. The Labute approximate surface area is 140 Å². The molecular formula is C19H17N3O2. The Balaban J connectivity index is 1.64. The van der Waals surface area contributed by atoms with Crippen LogP contribution in [0.5, 0.6) is 5.75 Å². The molecule has 0 N–H and O–H groups in total. The van der Waals surface area contributed by atoms with Crippen LogP contribution >= 0.6 is 0 Å². The quantitative estimate of drug-likeness (QED) is 0.739. The van der Waals surface area contributed by atoms with Gasteiger partial charge in [-0.1, -0.05) is 30.3 Å². The van der Waals surface area contributed by atoms with Gasteiger partial charge in [0.2, 0.25) is 0 Å². The van der Waals surface area contributed by atoms with Gasteiger partial charge in [0.25, 0.3) is 0 Å². The van der Waals surface area contributed by atoms with Crippen molar-refractivity contribution < 1.29 is 9.53 Å². The van der Waals surface area contributed by atoms with Gasteiger partial charge in [0, 0.05) is 24.8 Å². The van der Waals surface area contributed by atoms with E-state index in [4.69, 9.17) is 4.74 Å². The van der Waals surface area contributed by atoms with Crippen LogP contribution < -0.4 is 14.5 Å². The van der Waals surface area contributed by atoms with Crippen LogP contribution in [0.2, 0.25) is 0 Å². The summed E-state index contributed by atoms with van der Waals surface area (Å²) in [5.41, 5.74) is 1.67. The molecule has 24 heavy (non-hydrogen) atoms. The second kappa shape index (κ2) is 5.85. The summed E-state index contributed by atoms with van der Waals surface area (Å²) in [6.07, 6.45) is 3.31. The lowest BCUT2D eigenvalue weighted by Gasteiger charge is -2.19. The van der Waals surface area contributed by atoms with Crippen LogP contribution in [-0.2, 0) is 0 Å². The number of rotatable bonds is 3. The molecule has 0 saturated carbocycles. The first-order valence-corrected chi connectivity index (χ1v) is 7.83. The summed E-state index contributed by atoms with van der Waals surface area (Å²) in [5, 5.41) is 2.30. The van der Waals surface area contributed by atoms with Crippen molar-refractivity contribution in [3.05, 3.63) is 60.9 Å². The van der Waals surface area contributed by atoms with Gasteiger partial charge in [-0.2, -0.15) is 0 Å². The van der Waals surface area contributed by atoms with E-state index in [1.165, 1.54) is 5.39 Å². The van der Waals surface area contributed by atoms with Gasteiger partial charge in [-0.25, -0.2) is 4.79 Å². The predicted molar refractivity (Wildman–Crippen MR) is 94.8 cm³/mol. The molecule has 1 aliphatic heterocycles. The second-order valence-corrected chi connectivity index (χ2v) is 5.70. The fourth-order valence-electron chi connectivity index (χ4n) is 3.03. The zero-order chi connectivity index (χ0) is 16.5. The molecule has 120 valence electrons. The first kappa shape index (κ1) is 14.5. The van der Waals surface area contributed by atoms with Crippen LogP contribution in [0.1, 0.15) is 0 Å². The molecule has 0 spiro atoms. The van der Waals surface area contributed by atoms with Gasteiger partial charge in [0.1, 0.15) is 5.75 Å². The number of fused-ring (bicyclic) bond motifs is 1. The van der Waals surface area contributed by atoms with Gasteiger partial charge in [-0.05, 0) is 22.9 Å². The number of carbonyl (C=O) groups is 1. The minimum absolute atomic E-state index is 0.0414. The van der Waals surface area contributed by atoms with Gasteiger partial charge in [0.15, 0.2) is 0 Å². The highest BCUT2D eigenvalue weighted by molar-refractivity contribution is 6.07. The molecule has 0 aliphatic carbocycles. The highest BCUT2D eigenvalue weighted by atomic mass is 16.5. The van der Waals surface area contributed by atoms with Crippen molar-refractivity contribution in [2.75, 3.05) is 30.0 Å². The number of anilines is 2. The first-order chi connectivity index (χ1) is 11.8. The van der Waals surface area contributed by atoms with Crippen molar-refractivity contribution in [3.8, 4) is 5.75 Å². The topological polar surface area (TPSA) is 45.7 Å². The number of hydrogen-bond acceptors (Lipinski definition) is 3. The lowest BCUT2D eigenvalue weighted by Crippen LogP contribution is -2.31. The highest BCUT2D eigenvalue weighted by Gasteiger charge is 2.31. The molecule has 0 unspecified atom stereocenters. The number of ether oxygens (including phenoxy) is 1. The van der Waals surface area contributed by atoms with E-state index in [-0.39, 0.29) is 6.03 Å². The third kappa shape index (κ3) is 2.44. The molecule has 4 rings (SSSR count). The number of benzene rings is 2. The van der Waals surface area contributed by atoms with Gasteiger partial charge in [-0.3, -0.25) is 14.8 Å². The molecule has 0 atom stereocenters. The highest BCUT2D eigenvalue weighted by Crippen LogP contribution is 2.28. The summed E-state index contributed by atoms with van der Waals surface area (Å²) in [7, 11) is 1.59. The van der Waals surface area contributed by atoms with E-state index >= 15 is 0 Å². The maximum atomic E-state index is 12.8. The Kier molecular flexibility index (Phi) is 3.54. The predicted octanol–water partition coefficient (Wildman–Crippen LogP) is 3.69. The largest absolute Gasteiger partial charge is 0.495 e. The van der Waals surface area contributed by atoms with Crippen LogP contribution in [0.15, 0.2) is 60.9 Å². The van der Waals surface area contributed by atoms with Crippen molar-refractivity contribution >= 4 is 28.2 Å². The fourth-order valence-corrected chi connectivity index (χ4v) is 3.03. The summed E-state index contributed by atoms with van der Waals surface area (Å²) in [4.78, 5) is 20.5. The average molecular weight is 319 g/mol. The van der Waals surface area contributed by atoms with E-state index in [9.17, 15) is 4.79 Å². The van der Waals surface area contributed by atoms with E-state index in [1.807, 2.05) is 30.3 Å². The normalized spacial score (nSPS) is 14.5. The van der Waals surface area contributed by atoms with E-state index in [0.717, 1.165) is 16.8 Å².